The fraction of sp³-hybridized carbons (Fsp3) is 0.125. The molecule has 0 radical (unpaired) electrons. The molecular formula is C24H15ClF4N4O4. The molecule has 0 saturated carbocycles. The van der Waals surface area contributed by atoms with Crippen LogP contribution in [0.2, 0.25) is 5.02 Å². The summed E-state index contributed by atoms with van der Waals surface area (Å²) in [6.45, 7) is -1.78. The number of benzene rings is 3. The van der Waals surface area contributed by atoms with E-state index in [-0.39, 0.29) is 44.4 Å². The zero-order chi connectivity index (χ0) is 26.5. The number of imidazole rings is 1. The van der Waals surface area contributed by atoms with E-state index in [0.717, 1.165) is 4.90 Å². The molecule has 2 heterocycles. The van der Waals surface area contributed by atoms with Crippen molar-refractivity contribution in [3.63, 3.8) is 0 Å². The maximum Gasteiger partial charge on any atom is 0.422 e. The van der Waals surface area contributed by atoms with Gasteiger partial charge in [0.05, 0.1) is 21.7 Å². The summed E-state index contributed by atoms with van der Waals surface area (Å²) in [5.41, 5.74) is -1.44. The van der Waals surface area contributed by atoms with E-state index in [1.165, 1.54) is 48.5 Å². The van der Waals surface area contributed by atoms with Crippen LogP contribution in [0.5, 0.6) is 0 Å². The Hall–Kier alpha value is -4.16. The lowest BCUT2D eigenvalue weighted by molar-refractivity contribution is -0.159. The Morgan fingerprint density at radius 1 is 1.16 bits per heavy atom. The molecular weight excluding hydrogens is 520 g/mol. The van der Waals surface area contributed by atoms with Crippen molar-refractivity contribution in [1.82, 2.24) is 9.97 Å². The molecule has 3 N–H and O–H groups in total. The van der Waals surface area contributed by atoms with Crippen molar-refractivity contribution in [2.24, 2.45) is 0 Å². The predicted octanol–water partition coefficient (Wildman–Crippen LogP) is 5.32. The number of fused-ring (bicyclic) bond motifs is 2. The van der Waals surface area contributed by atoms with Gasteiger partial charge >= 0.3 is 12.3 Å². The molecule has 4 aromatic rings. The van der Waals surface area contributed by atoms with E-state index in [9.17, 15) is 27.9 Å². The van der Waals surface area contributed by atoms with E-state index in [1.807, 2.05) is 0 Å². The summed E-state index contributed by atoms with van der Waals surface area (Å²) in [5.74, 6) is -1.79. The molecule has 0 spiro atoms. The van der Waals surface area contributed by atoms with Gasteiger partial charge in [-0.1, -0.05) is 41.9 Å². The molecule has 0 bridgehead atoms. The number of aromatic amines is 1. The number of hydrogen-bond acceptors (Lipinski definition) is 5. The van der Waals surface area contributed by atoms with Gasteiger partial charge in [-0.15, -0.1) is 0 Å². The molecule has 0 aliphatic carbocycles. The standard InChI is InChI=1S/C24H15ClF4N4O4/c25-15-6-3-7-18(19(15)26)33-20(34)13-4-1-2-5-14(13)24(33,36)12-8-9-16-17(10-12)31-21(30-16)32-22(35)37-11-23(27,28)29/h1-10,36H,11H2,(H2,30,31,32,35). The third-order valence-corrected chi connectivity index (χ3v) is 6.00. The van der Waals surface area contributed by atoms with Crippen LogP contribution in [-0.2, 0) is 10.5 Å². The van der Waals surface area contributed by atoms with Crippen molar-refractivity contribution in [3.8, 4) is 0 Å². The highest BCUT2D eigenvalue weighted by Crippen LogP contribution is 2.46. The number of ether oxygens (including phenoxy) is 1. The first-order chi connectivity index (χ1) is 17.5. The second-order valence-electron chi connectivity index (χ2n) is 8.06. The molecule has 5 rings (SSSR count). The van der Waals surface area contributed by atoms with Crippen molar-refractivity contribution < 1.29 is 37.0 Å². The van der Waals surface area contributed by atoms with E-state index in [4.69, 9.17) is 11.6 Å². The van der Waals surface area contributed by atoms with Gasteiger partial charge in [0.1, 0.15) is 0 Å². The first-order valence-electron chi connectivity index (χ1n) is 10.6. The van der Waals surface area contributed by atoms with Gasteiger partial charge < -0.3 is 14.8 Å². The Morgan fingerprint density at radius 3 is 2.68 bits per heavy atom. The highest BCUT2D eigenvalue weighted by molar-refractivity contribution is 6.31. The summed E-state index contributed by atoms with van der Waals surface area (Å²) in [6, 6.07) is 14.6. The number of halogens is 5. The molecule has 3 aromatic carbocycles. The van der Waals surface area contributed by atoms with Crippen LogP contribution in [0.4, 0.5) is 34.0 Å². The van der Waals surface area contributed by atoms with E-state index in [1.54, 1.807) is 12.1 Å². The lowest BCUT2D eigenvalue weighted by Crippen LogP contribution is -2.45. The Bertz CT molecular complexity index is 1560. The van der Waals surface area contributed by atoms with Crippen molar-refractivity contribution >= 4 is 46.3 Å². The van der Waals surface area contributed by atoms with Gasteiger partial charge in [0, 0.05) is 16.7 Å². The van der Waals surface area contributed by atoms with Crippen LogP contribution in [0.1, 0.15) is 21.5 Å². The molecule has 1 aliphatic heterocycles. The van der Waals surface area contributed by atoms with Crippen LogP contribution in [0.15, 0.2) is 60.7 Å². The number of anilines is 2. The lowest BCUT2D eigenvalue weighted by atomic mass is 9.93. The minimum Gasteiger partial charge on any atom is -0.440 e. The number of nitrogens with one attached hydrogen (secondary N) is 2. The summed E-state index contributed by atoms with van der Waals surface area (Å²) in [5, 5.41) is 13.8. The number of aliphatic hydroxyl groups is 1. The van der Waals surface area contributed by atoms with Crippen LogP contribution < -0.4 is 10.2 Å². The highest BCUT2D eigenvalue weighted by atomic mass is 35.5. The van der Waals surface area contributed by atoms with Crippen molar-refractivity contribution in [3.05, 3.63) is 88.2 Å². The molecule has 1 unspecified atom stereocenters. The monoisotopic (exact) mass is 534 g/mol. The maximum atomic E-state index is 15.0. The van der Waals surface area contributed by atoms with Crippen molar-refractivity contribution in [2.45, 2.75) is 11.9 Å². The quantitative estimate of drug-likeness (QED) is 0.307. The number of hydrogen-bond donors (Lipinski definition) is 3. The number of carbonyl (C=O) groups excluding carboxylic acids is 2. The Labute approximate surface area is 210 Å². The smallest absolute Gasteiger partial charge is 0.422 e. The first kappa shape index (κ1) is 24.5. The normalized spacial score (nSPS) is 17.2. The van der Waals surface area contributed by atoms with Crippen molar-refractivity contribution in [2.75, 3.05) is 16.8 Å². The predicted molar refractivity (Wildman–Crippen MR) is 125 cm³/mol. The molecule has 0 fully saturated rings. The third-order valence-electron chi connectivity index (χ3n) is 5.70. The molecule has 8 nitrogen and oxygen atoms in total. The zero-order valence-electron chi connectivity index (χ0n) is 18.4. The Kier molecular flexibility index (Phi) is 5.80. The third kappa shape index (κ3) is 4.23. The van der Waals surface area contributed by atoms with Crippen LogP contribution >= 0.6 is 11.6 Å². The maximum absolute atomic E-state index is 15.0. The fourth-order valence-corrected chi connectivity index (χ4v) is 4.33. The minimum absolute atomic E-state index is 0.132. The summed E-state index contributed by atoms with van der Waals surface area (Å²) < 4.78 is 56.0. The molecule has 1 atom stereocenters. The van der Waals surface area contributed by atoms with Crippen LogP contribution in [0, 0.1) is 5.82 Å². The Balaban J connectivity index is 1.56. The van der Waals surface area contributed by atoms with Gasteiger partial charge in [-0.3, -0.25) is 15.0 Å². The molecule has 13 heteroatoms. The number of amides is 2. The molecule has 2 amide bonds. The average molecular weight is 535 g/mol. The molecule has 0 saturated heterocycles. The molecule has 1 aliphatic rings. The minimum atomic E-state index is -4.70. The summed E-state index contributed by atoms with van der Waals surface area (Å²) in [4.78, 5) is 32.7. The van der Waals surface area contributed by atoms with Crippen LogP contribution in [-0.4, -0.2) is 39.9 Å². The van der Waals surface area contributed by atoms with Gasteiger partial charge in [0.25, 0.3) is 5.91 Å². The van der Waals surface area contributed by atoms with Gasteiger partial charge in [-0.25, -0.2) is 14.2 Å². The van der Waals surface area contributed by atoms with Gasteiger partial charge in [-0.2, -0.15) is 13.2 Å². The highest BCUT2D eigenvalue weighted by Gasteiger charge is 2.51. The van der Waals surface area contributed by atoms with Crippen LogP contribution in [0.3, 0.4) is 0 Å². The SMILES string of the molecule is O=C(Nc1nc2ccc(C3(O)c4ccccc4C(=O)N3c3cccc(Cl)c3F)cc2[nH]1)OCC(F)(F)F. The summed E-state index contributed by atoms with van der Waals surface area (Å²) >= 11 is 5.95. The molecule has 190 valence electrons. The van der Waals surface area contributed by atoms with E-state index in [0.29, 0.717) is 0 Å². The van der Waals surface area contributed by atoms with E-state index < -0.39 is 36.3 Å². The zero-order valence-corrected chi connectivity index (χ0v) is 19.2. The van der Waals surface area contributed by atoms with E-state index >= 15 is 4.39 Å². The number of rotatable bonds is 4. The molecule has 37 heavy (non-hydrogen) atoms. The second kappa shape index (κ2) is 8.75. The summed E-state index contributed by atoms with van der Waals surface area (Å²) in [6.07, 6.45) is -6.08. The number of alkyl halides is 3. The fourth-order valence-electron chi connectivity index (χ4n) is 4.16. The first-order valence-corrected chi connectivity index (χ1v) is 11.0. The van der Waals surface area contributed by atoms with E-state index in [2.05, 4.69) is 20.0 Å². The number of nitrogens with zero attached hydrogens (tertiary/aromatic N) is 2. The lowest BCUT2D eigenvalue weighted by Gasteiger charge is -2.35. The average Bonchev–Trinajstić information content (AvgIpc) is 3.35. The van der Waals surface area contributed by atoms with Gasteiger partial charge in [-0.05, 0) is 30.3 Å². The van der Waals surface area contributed by atoms with Gasteiger partial charge in [0.15, 0.2) is 18.1 Å². The number of aromatic nitrogens is 2. The molecule has 1 aromatic heterocycles. The second-order valence-corrected chi connectivity index (χ2v) is 8.47. The Morgan fingerprint density at radius 2 is 1.92 bits per heavy atom. The number of H-pyrrole nitrogens is 1. The number of carbonyl (C=O) groups is 2. The van der Waals surface area contributed by atoms with Crippen molar-refractivity contribution in [1.29, 1.82) is 0 Å². The summed E-state index contributed by atoms with van der Waals surface area (Å²) in [7, 11) is 0. The topological polar surface area (TPSA) is 108 Å². The largest absolute Gasteiger partial charge is 0.440 e. The van der Waals surface area contributed by atoms with Gasteiger partial charge in [0.2, 0.25) is 5.95 Å². The van der Waals surface area contributed by atoms with Crippen LogP contribution in [0.25, 0.3) is 11.0 Å².